The van der Waals surface area contributed by atoms with Crippen LogP contribution in [0.15, 0.2) is 40.9 Å². The molecule has 0 aliphatic heterocycles. The monoisotopic (exact) mass is 487 g/mol. The van der Waals surface area contributed by atoms with Crippen molar-refractivity contribution >= 4 is 39.4 Å². The first-order valence-corrected chi connectivity index (χ1v) is 11.8. The third-order valence-electron chi connectivity index (χ3n) is 6.96. The van der Waals surface area contributed by atoms with Crippen LogP contribution < -0.4 is 5.32 Å². The number of fused-ring (bicyclic) bond motifs is 2. The van der Waals surface area contributed by atoms with Crippen LogP contribution in [0.4, 0.5) is 0 Å². The van der Waals surface area contributed by atoms with E-state index in [1.165, 1.54) is 59.6 Å². The van der Waals surface area contributed by atoms with Crippen LogP contribution in [0.1, 0.15) is 54.2 Å². The van der Waals surface area contributed by atoms with Gasteiger partial charge in [-0.05, 0) is 106 Å². The molecule has 1 atom stereocenters. The molecule has 0 saturated heterocycles. The molecule has 2 aliphatic carbocycles. The van der Waals surface area contributed by atoms with E-state index in [9.17, 15) is 0 Å². The van der Waals surface area contributed by atoms with E-state index in [2.05, 4.69) is 76.1 Å². The lowest BCUT2D eigenvalue weighted by atomic mass is 9.90. The third kappa shape index (κ3) is 4.32. The van der Waals surface area contributed by atoms with Crippen LogP contribution in [0.3, 0.4) is 0 Å². The molecule has 1 aromatic heterocycles. The molecule has 5 rings (SSSR count). The Labute approximate surface area is 194 Å². The van der Waals surface area contributed by atoms with Gasteiger partial charge in [0.15, 0.2) is 0 Å². The lowest BCUT2D eigenvalue weighted by Gasteiger charge is -2.31. The summed E-state index contributed by atoms with van der Waals surface area (Å²) < 4.78 is 3.71. The van der Waals surface area contributed by atoms with Crippen molar-refractivity contribution in [2.45, 2.75) is 64.5 Å². The molecule has 160 valence electrons. The van der Waals surface area contributed by atoms with E-state index in [1.54, 1.807) is 5.56 Å². The summed E-state index contributed by atoms with van der Waals surface area (Å²) in [4.78, 5) is 4.83. The van der Waals surface area contributed by atoms with Crippen molar-refractivity contribution in [2.24, 2.45) is 5.92 Å². The molecule has 1 N–H and O–H groups in total. The van der Waals surface area contributed by atoms with Crippen LogP contribution >= 0.6 is 28.3 Å². The molecule has 1 heterocycles. The predicted molar refractivity (Wildman–Crippen MR) is 131 cm³/mol. The van der Waals surface area contributed by atoms with Crippen LogP contribution in [0.2, 0.25) is 0 Å². The molecule has 1 saturated carbocycles. The molecule has 2 aliphatic rings. The van der Waals surface area contributed by atoms with Crippen molar-refractivity contribution in [2.75, 3.05) is 6.54 Å². The number of halogens is 2. The van der Waals surface area contributed by atoms with Crippen molar-refractivity contribution in [1.82, 2.24) is 14.9 Å². The molecule has 1 fully saturated rings. The van der Waals surface area contributed by atoms with Crippen molar-refractivity contribution in [3.63, 3.8) is 0 Å². The summed E-state index contributed by atoms with van der Waals surface area (Å²) in [5.41, 5.74) is 6.82. The minimum Gasteiger partial charge on any atom is -0.325 e. The van der Waals surface area contributed by atoms with Gasteiger partial charge in [-0.25, -0.2) is 4.98 Å². The van der Waals surface area contributed by atoms with E-state index in [4.69, 9.17) is 4.98 Å². The van der Waals surface area contributed by atoms with E-state index in [0.29, 0.717) is 12.1 Å². The van der Waals surface area contributed by atoms with Gasteiger partial charge >= 0.3 is 0 Å². The zero-order valence-corrected chi connectivity index (χ0v) is 20.2. The summed E-state index contributed by atoms with van der Waals surface area (Å²) in [7, 11) is 0. The quantitative estimate of drug-likeness (QED) is 0.465. The average molecular weight is 489 g/mol. The topological polar surface area (TPSA) is 29.9 Å². The highest BCUT2D eigenvalue weighted by atomic mass is 79.9. The van der Waals surface area contributed by atoms with Gasteiger partial charge in [-0.15, -0.1) is 12.4 Å². The maximum absolute atomic E-state index is 4.83. The first kappa shape index (κ1) is 21.9. The van der Waals surface area contributed by atoms with E-state index in [1.807, 2.05) is 0 Å². The molecule has 0 bridgehead atoms. The fourth-order valence-electron chi connectivity index (χ4n) is 5.48. The Morgan fingerprint density at radius 3 is 2.57 bits per heavy atom. The summed E-state index contributed by atoms with van der Waals surface area (Å²) in [5.74, 6) is 1.91. The Hall–Kier alpha value is -1.36. The van der Waals surface area contributed by atoms with Gasteiger partial charge < -0.3 is 9.88 Å². The maximum atomic E-state index is 4.83. The van der Waals surface area contributed by atoms with Gasteiger partial charge in [0.1, 0.15) is 5.82 Å². The standard InChI is InChI=1S/C25H30BrN3.ClH/c1-16-3-10-25-24(11-16)28-17(2)29(25)23-8-6-22(7-9-23)27-15-18-12-19-4-5-21(26)14-20(19)13-18;/h3-5,10-11,14,18,22-23,27H,6-9,12-13,15H2,1-2H3;1H/t18-,22?,23?;/m0./s1. The van der Waals surface area contributed by atoms with Crippen molar-refractivity contribution in [3.8, 4) is 0 Å². The summed E-state index contributed by atoms with van der Waals surface area (Å²) in [6.45, 7) is 5.45. The van der Waals surface area contributed by atoms with E-state index in [-0.39, 0.29) is 12.4 Å². The molecule has 0 spiro atoms. The van der Waals surface area contributed by atoms with Crippen LogP contribution in [-0.4, -0.2) is 22.1 Å². The van der Waals surface area contributed by atoms with Gasteiger partial charge in [0, 0.05) is 16.6 Å². The molecular weight excluding hydrogens is 458 g/mol. The Bertz CT molecular complexity index is 1040. The Morgan fingerprint density at radius 1 is 1.00 bits per heavy atom. The zero-order chi connectivity index (χ0) is 20.0. The van der Waals surface area contributed by atoms with Crippen molar-refractivity contribution in [1.29, 1.82) is 0 Å². The first-order valence-electron chi connectivity index (χ1n) is 11.0. The lowest BCUT2D eigenvalue weighted by molar-refractivity contribution is 0.283. The van der Waals surface area contributed by atoms with Gasteiger partial charge in [0.25, 0.3) is 0 Å². The smallest absolute Gasteiger partial charge is 0.106 e. The molecule has 0 radical (unpaired) electrons. The number of hydrogen-bond donors (Lipinski definition) is 1. The van der Waals surface area contributed by atoms with Gasteiger partial charge in [-0.1, -0.05) is 28.1 Å². The van der Waals surface area contributed by atoms with Crippen LogP contribution in [-0.2, 0) is 12.8 Å². The summed E-state index contributed by atoms with van der Waals surface area (Å²) in [6, 6.07) is 14.7. The number of imidazole rings is 1. The Kier molecular flexibility index (Phi) is 6.57. The van der Waals surface area contributed by atoms with Crippen LogP contribution in [0.25, 0.3) is 11.0 Å². The second kappa shape index (κ2) is 9.02. The normalized spacial score (nSPS) is 23.4. The second-order valence-electron chi connectivity index (χ2n) is 9.12. The number of aromatic nitrogens is 2. The summed E-state index contributed by atoms with van der Waals surface area (Å²) in [6.07, 6.45) is 7.47. The molecule has 3 aromatic rings. The van der Waals surface area contributed by atoms with Crippen molar-refractivity contribution in [3.05, 3.63) is 63.4 Å². The lowest BCUT2D eigenvalue weighted by Crippen LogP contribution is -2.37. The highest BCUT2D eigenvalue weighted by molar-refractivity contribution is 9.10. The Morgan fingerprint density at radius 2 is 1.77 bits per heavy atom. The van der Waals surface area contributed by atoms with Crippen molar-refractivity contribution < 1.29 is 0 Å². The molecule has 5 heteroatoms. The third-order valence-corrected chi connectivity index (χ3v) is 7.46. The van der Waals surface area contributed by atoms with Gasteiger partial charge in [0.05, 0.1) is 11.0 Å². The molecule has 2 aromatic carbocycles. The van der Waals surface area contributed by atoms with E-state index >= 15 is 0 Å². The maximum Gasteiger partial charge on any atom is 0.106 e. The molecule has 3 nitrogen and oxygen atoms in total. The van der Waals surface area contributed by atoms with E-state index < -0.39 is 0 Å². The number of hydrogen-bond acceptors (Lipinski definition) is 2. The fourth-order valence-corrected chi connectivity index (χ4v) is 5.89. The largest absolute Gasteiger partial charge is 0.325 e. The number of benzene rings is 2. The highest BCUT2D eigenvalue weighted by Crippen LogP contribution is 2.34. The van der Waals surface area contributed by atoms with Gasteiger partial charge in [-0.3, -0.25) is 0 Å². The minimum absolute atomic E-state index is 0. The second-order valence-corrected chi connectivity index (χ2v) is 10.0. The number of aryl methyl sites for hydroxylation is 2. The summed E-state index contributed by atoms with van der Waals surface area (Å²) in [5, 5.41) is 3.90. The minimum atomic E-state index is 0. The highest BCUT2D eigenvalue weighted by Gasteiger charge is 2.26. The average Bonchev–Trinajstić information content (AvgIpc) is 3.25. The molecule has 0 unspecified atom stereocenters. The zero-order valence-electron chi connectivity index (χ0n) is 17.8. The molecule has 30 heavy (non-hydrogen) atoms. The number of nitrogens with one attached hydrogen (secondary N) is 1. The first-order chi connectivity index (χ1) is 14.1. The Balaban J connectivity index is 0.00000218. The number of rotatable bonds is 4. The van der Waals surface area contributed by atoms with Crippen LogP contribution in [0, 0.1) is 19.8 Å². The predicted octanol–water partition coefficient (Wildman–Crippen LogP) is 6.33. The summed E-state index contributed by atoms with van der Waals surface area (Å²) >= 11 is 3.61. The SMILES string of the molecule is Cc1ccc2c(c1)nc(C)n2C1CCC(NC[C@H]2Cc3ccc(Br)cc3C2)CC1.Cl. The van der Waals surface area contributed by atoms with E-state index in [0.717, 1.165) is 23.8 Å². The van der Waals surface area contributed by atoms with Gasteiger partial charge in [-0.2, -0.15) is 0 Å². The van der Waals surface area contributed by atoms with Gasteiger partial charge in [0.2, 0.25) is 0 Å². The van der Waals surface area contributed by atoms with Crippen LogP contribution in [0.5, 0.6) is 0 Å². The number of nitrogens with zero attached hydrogens (tertiary/aromatic N) is 2. The fraction of sp³-hybridized carbons (Fsp3) is 0.480. The molecular formula is C25H31BrClN3. The molecule has 0 amide bonds.